The Morgan fingerprint density at radius 3 is 2.36 bits per heavy atom. The van der Waals surface area contributed by atoms with Gasteiger partial charge in [-0.05, 0) is 31.0 Å². The van der Waals surface area contributed by atoms with Gasteiger partial charge in [0.25, 0.3) is 0 Å². The molecular formula is C16H27IN4O. The number of aliphatic imine (C=N–C) groups is 1. The number of nitrogens with zero attached hydrogens (tertiary/aromatic N) is 1. The van der Waals surface area contributed by atoms with Crippen LogP contribution in [-0.4, -0.2) is 25.0 Å². The number of primary amides is 1. The fourth-order valence-electron chi connectivity index (χ4n) is 1.87. The summed E-state index contributed by atoms with van der Waals surface area (Å²) in [5.74, 6) is 0.420. The van der Waals surface area contributed by atoms with Crippen LogP contribution in [0.25, 0.3) is 0 Å². The molecule has 0 aromatic heterocycles. The quantitative estimate of drug-likeness (QED) is 0.263. The van der Waals surface area contributed by atoms with Gasteiger partial charge in [0.15, 0.2) is 5.96 Å². The molecule has 124 valence electrons. The second-order valence-electron chi connectivity index (χ2n) is 4.89. The lowest BCUT2D eigenvalue weighted by Gasteiger charge is -2.11. The Morgan fingerprint density at radius 1 is 1.14 bits per heavy atom. The van der Waals surface area contributed by atoms with Gasteiger partial charge in [-0.2, -0.15) is 0 Å². The normalized spacial score (nSPS) is 10.7. The molecule has 0 spiro atoms. The van der Waals surface area contributed by atoms with Gasteiger partial charge in [-0.15, -0.1) is 24.0 Å². The first-order chi connectivity index (χ1) is 10.2. The third-order valence-corrected chi connectivity index (χ3v) is 3.08. The van der Waals surface area contributed by atoms with Crippen LogP contribution in [0.15, 0.2) is 29.3 Å². The van der Waals surface area contributed by atoms with Crippen LogP contribution in [0, 0.1) is 0 Å². The Hall–Kier alpha value is -1.31. The molecule has 0 fully saturated rings. The summed E-state index contributed by atoms with van der Waals surface area (Å²) in [6.45, 7) is 6.57. The maximum absolute atomic E-state index is 11.0. The van der Waals surface area contributed by atoms with Gasteiger partial charge in [0.1, 0.15) is 0 Å². The van der Waals surface area contributed by atoms with Crippen LogP contribution in [0.2, 0.25) is 0 Å². The highest BCUT2D eigenvalue weighted by Crippen LogP contribution is 2.05. The van der Waals surface area contributed by atoms with Gasteiger partial charge >= 0.3 is 0 Å². The number of unbranched alkanes of at least 4 members (excludes halogenated alkanes) is 2. The molecule has 0 saturated heterocycles. The van der Waals surface area contributed by atoms with E-state index in [1.165, 1.54) is 12.8 Å². The topological polar surface area (TPSA) is 79.5 Å². The largest absolute Gasteiger partial charge is 0.366 e. The molecule has 5 nitrogen and oxygen atoms in total. The minimum absolute atomic E-state index is 0. The third kappa shape index (κ3) is 8.21. The molecule has 1 amide bonds. The van der Waals surface area contributed by atoms with Gasteiger partial charge in [-0.3, -0.25) is 4.79 Å². The molecule has 0 bridgehead atoms. The van der Waals surface area contributed by atoms with Crippen molar-refractivity contribution in [2.75, 3.05) is 13.1 Å². The van der Waals surface area contributed by atoms with Crippen molar-refractivity contribution in [2.45, 2.75) is 39.7 Å². The minimum Gasteiger partial charge on any atom is -0.366 e. The van der Waals surface area contributed by atoms with Gasteiger partial charge < -0.3 is 16.4 Å². The van der Waals surface area contributed by atoms with Crippen molar-refractivity contribution < 1.29 is 4.79 Å². The standard InChI is InChI=1S/C16H26N4O.HI/c1-3-5-6-11-19-16(18-4-2)20-12-13-7-9-14(10-8-13)15(17)21;/h7-10H,3-6,11-12H2,1-2H3,(H2,17,21)(H2,18,19,20);1H. The number of hydrogen-bond donors (Lipinski definition) is 3. The molecule has 0 saturated carbocycles. The van der Waals surface area contributed by atoms with Crippen LogP contribution in [0.3, 0.4) is 0 Å². The van der Waals surface area contributed by atoms with E-state index in [1.807, 2.05) is 19.1 Å². The van der Waals surface area contributed by atoms with E-state index >= 15 is 0 Å². The first-order valence-corrected chi connectivity index (χ1v) is 7.58. The summed E-state index contributed by atoms with van der Waals surface area (Å²) in [5.41, 5.74) is 6.79. The van der Waals surface area contributed by atoms with Crippen molar-refractivity contribution in [3.63, 3.8) is 0 Å². The molecule has 0 atom stereocenters. The Kier molecular flexibility index (Phi) is 11.5. The fraction of sp³-hybridized carbons (Fsp3) is 0.500. The van der Waals surface area contributed by atoms with E-state index in [9.17, 15) is 4.79 Å². The Balaban J connectivity index is 0.00000441. The summed E-state index contributed by atoms with van der Waals surface area (Å²) in [6.07, 6.45) is 3.58. The lowest BCUT2D eigenvalue weighted by molar-refractivity contribution is 0.100. The number of nitrogens with two attached hydrogens (primary N) is 1. The molecule has 0 aliphatic heterocycles. The predicted octanol–water partition coefficient (Wildman–Crippen LogP) is 2.65. The maximum atomic E-state index is 11.0. The molecule has 0 heterocycles. The van der Waals surface area contributed by atoms with Crippen molar-refractivity contribution in [3.05, 3.63) is 35.4 Å². The average Bonchev–Trinajstić information content (AvgIpc) is 2.49. The van der Waals surface area contributed by atoms with Crippen LogP contribution in [0.1, 0.15) is 49.0 Å². The number of guanidine groups is 1. The number of carbonyl (C=O) groups is 1. The van der Waals surface area contributed by atoms with Crippen molar-refractivity contribution in [1.29, 1.82) is 0 Å². The van der Waals surface area contributed by atoms with Gasteiger partial charge in [-0.1, -0.05) is 31.9 Å². The first-order valence-electron chi connectivity index (χ1n) is 7.58. The number of hydrogen-bond acceptors (Lipinski definition) is 2. The van der Waals surface area contributed by atoms with E-state index in [4.69, 9.17) is 5.73 Å². The molecule has 0 radical (unpaired) electrons. The van der Waals surface area contributed by atoms with Crippen LogP contribution in [0.4, 0.5) is 0 Å². The van der Waals surface area contributed by atoms with E-state index < -0.39 is 5.91 Å². The molecule has 22 heavy (non-hydrogen) atoms. The highest BCUT2D eigenvalue weighted by atomic mass is 127. The first kappa shape index (κ1) is 20.7. The highest BCUT2D eigenvalue weighted by Gasteiger charge is 2.00. The van der Waals surface area contributed by atoms with Crippen LogP contribution < -0.4 is 16.4 Å². The molecule has 1 aromatic carbocycles. The zero-order valence-electron chi connectivity index (χ0n) is 13.4. The van der Waals surface area contributed by atoms with Crippen molar-refractivity contribution in [3.8, 4) is 0 Å². The Labute approximate surface area is 150 Å². The number of amides is 1. The fourth-order valence-corrected chi connectivity index (χ4v) is 1.87. The SMILES string of the molecule is CCCCCNC(=NCc1ccc(C(N)=O)cc1)NCC.I. The molecule has 0 unspecified atom stereocenters. The second kappa shape index (κ2) is 12.3. The monoisotopic (exact) mass is 418 g/mol. The highest BCUT2D eigenvalue weighted by molar-refractivity contribution is 14.0. The second-order valence-corrected chi connectivity index (χ2v) is 4.89. The summed E-state index contributed by atoms with van der Waals surface area (Å²) in [4.78, 5) is 15.5. The number of benzene rings is 1. The number of halogens is 1. The summed E-state index contributed by atoms with van der Waals surface area (Å²) < 4.78 is 0. The molecular weight excluding hydrogens is 391 g/mol. The zero-order chi connectivity index (χ0) is 15.5. The smallest absolute Gasteiger partial charge is 0.248 e. The zero-order valence-corrected chi connectivity index (χ0v) is 15.7. The molecule has 6 heteroatoms. The minimum atomic E-state index is -0.406. The summed E-state index contributed by atoms with van der Waals surface area (Å²) in [7, 11) is 0. The number of nitrogens with one attached hydrogen (secondary N) is 2. The summed E-state index contributed by atoms with van der Waals surface area (Å²) in [6, 6.07) is 7.22. The average molecular weight is 418 g/mol. The lowest BCUT2D eigenvalue weighted by atomic mass is 10.1. The summed E-state index contributed by atoms with van der Waals surface area (Å²) >= 11 is 0. The number of carbonyl (C=O) groups excluding carboxylic acids is 1. The third-order valence-electron chi connectivity index (χ3n) is 3.08. The van der Waals surface area contributed by atoms with E-state index in [2.05, 4.69) is 22.5 Å². The van der Waals surface area contributed by atoms with Crippen molar-refractivity contribution >= 4 is 35.8 Å². The van der Waals surface area contributed by atoms with E-state index in [1.54, 1.807) is 12.1 Å². The van der Waals surface area contributed by atoms with E-state index in [0.29, 0.717) is 12.1 Å². The molecule has 0 aliphatic rings. The Bertz CT molecular complexity index is 460. The van der Waals surface area contributed by atoms with Gasteiger partial charge in [0, 0.05) is 18.7 Å². The van der Waals surface area contributed by atoms with Gasteiger partial charge in [0.05, 0.1) is 6.54 Å². The Morgan fingerprint density at radius 2 is 1.82 bits per heavy atom. The van der Waals surface area contributed by atoms with Crippen molar-refractivity contribution in [1.82, 2.24) is 10.6 Å². The molecule has 0 aliphatic carbocycles. The van der Waals surface area contributed by atoms with E-state index in [-0.39, 0.29) is 24.0 Å². The van der Waals surface area contributed by atoms with Crippen molar-refractivity contribution in [2.24, 2.45) is 10.7 Å². The van der Waals surface area contributed by atoms with Crippen LogP contribution in [-0.2, 0) is 6.54 Å². The van der Waals surface area contributed by atoms with Crippen LogP contribution in [0.5, 0.6) is 0 Å². The predicted molar refractivity (Wildman–Crippen MR) is 103 cm³/mol. The maximum Gasteiger partial charge on any atom is 0.248 e. The van der Waals surface area contributed by atoms with Gasteiger partial charge in [0.2, 0.25) is 5.91 Å². The van der Waals surface area contributed by atoms with E-state index in [0.717, 1.165) is 31.0 Å². The number of rotatable bonds is 8. The summed E-state index contributed by atoms with van der Waals surface area (Å²) in [5, 5.41) is 6.54. The lowest BCUT2D eigenvalue weighted by Crippen LogP contribution is -2.37. The van der Waals surface area contributed by atoms with Crippen LogP contribution >= 0.6 is 24.0 Å². The molecule has 1 rings (SSSR count). The van der Waals surface area contributed by atoms with Gasteiger partial charge in [-0.25, -0.2) is 4.99 Å². The molecule has 4 N–H and O–H groups in total. The molecule has 1 aromatic rings.